The molecule has 0 amide bonds. The van der Waals surface area contributed by atoms with Gasteiger partial charge < -0.3 is 37.9 Å². The summed E-state index contributed by atoms with van der Waals surface area (Å²) in [6.07, 6.45) is 53.3. The van der Waals surface area contributed by atoms with Gasteiger partial charge in [0.1, 0.15) is 11.2 Å². The van der Waals surface area contributed by atoms with E-state index in [1.807, 2.05) is 42.5 Å². The van der Waals surface area contributed by atoms with Crippen molar-refractivity contribution in [3.63, 3.8) is 0 Å². The van der Waals surface area contributed by atoms with Crippen LogP contribution in [0.1, 0.15) is 279 Å². The average Bonchev–Trinajstić information content (AvgIpc) is 1.59. The van der Waals surface area contributed by atoms with Crippen LogP contribution in [0.5, 0.6) is 0 Å². The summed E-state index contributed by atoms with van der Waals surface area (Å²) in [5.41, 5.74) is 39.7. The minimum absolute atomic E-state index is 0.0560. The number of ether oxygens (including phenoxy) is 8. The molecule has 5 aliphatic carbocycles. The number of epoxide rings is 2. The first kappa shape index (κ1) is 115. The van der Waals surface area contributed by atoms with Crippen LogP contribution < -0.4 is 0 Å². The summed E-state index contributed by atoms with van der Waals surface area (Å²) in [7, 11) is 0. The molecule has 0 spiro atoms. The first-order valence-electron chi connectivity index (χ1n) is 55.1. The number of allylic oxidation sites excluding steroid dienone is 16. The molecule has 0 aromatic heterocycles. The molecule has 7 aliphatic rings. The highest BCUT2D eigenvalue weighted by molar-refractivity contribution is 5.86. The van der Waals surface area contributed by atoms with E-state index < -0.39 is 11.9 Å². The number of fused-ring (bicyclic) bond motifs is 15. The molecular weight excluding hydrogens is 1840 g/mol. The van der Waals surface area contributed by atoms with Gasteiger partial charge in [-0.05, 0) is 356 Å². The Morgan fingerprint density at radius 3 is 0.711 bits per heavy atom. The van der Waals surface area contributed by atoms with Gasteiger partial charge in [0.2, 0.25) is 5.79 Å². The zero-order chi connectivity index (χ0) is 106. The summed E-state index contributed by atoms with van der Waals surface area (Å²) in [6, 6.07) is 68.3. The molecule has 2 aliphatic heterocycles. The Kier molecular flexibility index (Phi) is 42.4. The molecular formula is C139H168F2O8. The molecule has 2 heterocycles. The molecule has 0 N–H and O–H groups in total. The molecule has 2 fully saturated rings. The highest BCUT2D eigenvalue weighted by atomic mass is 19.3. The lowest BCUT2D eigenvalue weighted by Gasteiger charge is -2.33. The van der Waals surface area contributed by atoms with Crippen LogP contribution in [-0.4, -0.2) is 90.5 Å². The summed E-state index contributed by atoms with van der Waals surface area (Å²) in [5.74, 6) is -0.854. The van der Waals surface area contributed by atoms with Crippen molar-refractivity contribution < 1.29 is 46.7 Å². The molecule has 2 unspecified atom stereocenters. The zero-order valence-electron chi connectivity index (χ0n) is 92.0. The number of hydrogen-bond acceptors (Lipinski definition) is 8. The van der Waals surface area contributed by atoms with Crippen LogP contribution >= 0.6 is 0 Å². The van der Waals surface area contributed by atoms with Gasteiger partial charge >= 0.3 is 0 Å². The number of benzene rings is 10. The van der Waals surface area contributed by atoms with E-state index in [1.54, 1.807) is 23.3 Å². The second-order valence-electron chi connectivity index (χ2n) is 43.1. The highest BCUT2D eigenvalue weighted by Crippen LogP contribution is 2.60. The largest absolute Gasteiger partial charge is 0.381 e. The number of hydrogen-bond donors (Lipinski definition) is 0. The minimum atomic E-state index is -1.57. The van der Waals surface area contributed by atoms with E-state index in [0.717, 1.165) is 179 Å². The lowest BCUT2D eigenvalue weighted by atomic mass is 9.70. The van der Waals surface area contributed by atoms with Crippen molar-refractivity contribution in [1.29, 1.82) is 0 Å². The summed E-state index contributed by atoms with van der Waals surface area (Å²) < 4.78 is 73.7. The van der Waals surface area contributed by atoms with Gasteiger partial charge in [0.15, 0.2) is 0 Å². The van der Waals surface area contributed by atoms with Crippen molar-refractivity contribution in [3.8, 4) is 55.6 Å². The second kappa shape index (κ2) is 55.1. The molecule has 786 valence electrons. The number of halogens is 2. The van der Waals surface area contributed by atoms with Gasteiger partial charge in [-0.15, -0.1) is 19.7 Å². The predicted molar refractivity (Wildman–Crippen MR) is 624 cm³/mol. The van der Waals surface area contributed by atoms with Gasteiger partial charge in [-0.3, -0.25) is 0 Å². The molecule has 0 bridgehead atoms. The van der Waals surface area contributed by atoms with Gasteiger partial charge in [0.25, 0.3) is 6.08 Å². The van der Waals surface area contributed by atoms with E-state index in [2.05, 4.69) is 348 Å². The third-order valence-electron chi connectivity index (χ3n) is 31.0. The Balaban J connectivity index is 0.000000155. The maximum atomic E-state index is 12.5. The number of rotatable bonds is 54. The predicted octanol–water partition coefficient (Wildman–Crippen LogP) is 36.1. The fraction of sp³-hybridized carbons (Fsp3) is 0.396. The van der Waals surface area contributed by atoms with E-state index in [4.69, 9.17) is 37.9 Å². The van der Waals surface area contributed by atoms with Gasteiger partial charge in [-0.25, -0.2) is 0 Å². The summed E-state index contributed by atoms with van der Waals surface area (Å²) in [4.78, 5) is 0. The topological polar surface area (TPSA) is 80.4 Å². The Hall–Kier alpha value is -11.4. The van der Waals surface area contributed by atoms with E-state index in [1.165, 1.54) is 170 Å². The number of aryl methyl sites for hydroxylation is 10. The van der Waals surface area contributed by atoms with Crippen LogP contribution in [0.4, 0.5) is 8.78 Å². The van der Waals surface area contributed by atoms with Crippen molar-refractivity contribution in [1.82, 2.24) is 0 Å². The van der Waals surface area contributed by atoms with Gasteiger partial charge in [0, 0.05) is 72.4 Å². The Labute approximate surface area is 894 Å². The lowest BCUT2D eigenvalue weighted by molar-refractivity contribution is -0.216. The van der Waals surface area contributed by atoms with Gasteiger partial charge in [-0.2, -0.15) is 8.78 Å². The molecule has 10 aromatic carbocycles. The van der Waals surface area contributed by atoms with Crippen molar-refractivity contribution in [3.05, 3.63) is 443 Å². The van der Waals surface area contributed by atoms with Crippen LogP contribution in [0.25, 0.3) is 55.6 Å². The van der Waals surface area contributed by atoms with Crippen LogP contribution in [0, 0.1) is 69.2 Å². The Morgan fingerprint density at radius 2 is 0.470 bits per heavy atom. The standard InChI is InChI=1S/C29H38O2.C29H34O2.C29H34.C27H34O4.C25H28F2/c1-5-7-9-17-30-19-15-29(16-20-31-18-10-8-6-2)27-21-23(3)11-13-25(27)26-14-12-24(4)22-28(26)29;1-5-7-9-11-13-19-30-29(31-20-14-12-10-8-6-2)27-21-23(3)15-17-25(27)26-18-16-24(4)22-28(26)29;1-5-7-9-11-13-19-29(20-14-12-10-8-6-2)27-21-23(3)15-17-25(27)26-18-16-24(4)22-28(26)29;1-19-5-7-21-22-8-6-20(2)14-24(22)27(23(21)13-19,9-11-28-15-25(3)17-30-25)10-12-29-16-26(4)18-31-26;1-4-5-7-14-25(15-8-6-9-24(26)27)22-16-18(2)10-12-20(22)21-13-11-19(3)17-23(21)25/h5-6,11-14,21-22H,1-2,7-10,15-20H2,3-4H3;5-10,15-18,21-22H,1-2,11-14,19-20H2,3-4H3;5-10,15-18,21-22H,1-2,11-14,19-20H2,3-4H3;5-8,13-14H,9-12,15-18H2,1-4H3;4,9-13,16-17H,1,5-8,14-15H2,2-3H3/b;2*9-7+,10-8+;;. The van der Waals surface area contributed by atoms with Crippen molar-refractivity contribution in [2.75, 3.05) is 79.3 Å². The average molecular weight is 2000 g/mol. The molecule has 149 heavy (non-hydrogen) atoms. The quantitative estimate of drug-likeness (QED) is 0.0123. The molecule has 10 heteroatoms. The fourth-order valence-electron chi connectivity index (χ4n) is 23.0. The molecule has 0 radical (unpaired) electrons. The van der Waals surface area contributed by atoms with E-state index in [9.17, 15) is 8.78 Å². The smallest absolute Gasteiger partial charge is 0.266 e. The first-order valence-corrected chi connectivity index (χ1v) is 55.1. The lowest BCUT2D eigenvalue weighted by Crippen LogP contribution is -2.33. The zero-order valence-corrected chi connectivity index (χ0v) is 92.0. The first-order chi connectivity index (χ1) is 72.2. The molecule has 8 nitrogen and oxygen atoms in total. The SMILES string of the molecule is C=C/C=C/CCCC1(CCC/C=C/C=C)c2cc(C)ccc2-c2ccc(C)cc21.C=C/C=C/CCCOC1(OCCC/C=C/C=C)c2cc(C)ccc2-c2ccc(C)cc21.C=CCCCC1(CCCC=C(F)F)c2cc(C)ccc2-c2ccc(C)cc21.C=CCCCOCCC1(CCOCCCC=C)c2cc(C)ccc2-c2ccc(C)cc21.Cc1ccc2c(c1)C(CCOCC1(C)CO1)(CCOCC1(C)CO1)c1cc(C)ccc1-2. The van der Waals surface area contributed by atoms with Crippen molar-refractivity contribution in [2.45, 2.75) is 276 Å². The summed E-state index contributed by atoms with van der Waals surface area (Å²) in [5, 5.41) is 0. The summed E-state index contributed by atoms with van der Waals surface area (Å²) >= 11 is 0. The van der Waals surface area contributed by atoms with Crippen LogP contribution in [-0.2, 0) is 65.3 Å². The summed E-state index contributed by atoms with van der Waals surface area (Å²) in [6.45, 7) is 61.2. The van der Waals surface area contributed by atoms with E-state index in [0.29, 0.717) is 46.1 Å². The maximum Gasteiger partial charge on any atom is 0.266 e. The molecule has 0 saturated carbocycles. The second-order valence-corrected chi connectivity index (χ2v) is 43.1. The molecule has 17 rings (SSSR count). The van der Waals surface area contributed by atoms with E-state index >= 15 is 0 Å². The van der Waals surface area contributed by atoms with Crippen LogP contribution in [0.15, 0.2) is 331 Å². The van der Waals surface area contributed by atoms with Gasteiger partial charge in [-0.1, -0.05) is 343 Å². The molecule has 2 saturated heterocycles. The van der Waals surface area contributed by atoms with E-state index in [-0.39, 0.29) is 32.9 Å². The molecule has 2 atom stereocenters. The highest BCUT2D eigenvalue weighted by Gasteiger charge is 2.50. The molecule has 10 aromatic rings. The fourth-order valence-corrected chi connectivity index (χ4v) is 23.0. The Morgan fingerprint density at radius 1 is 0.262 bits per heavy atom. The van der Waals surface area contributed by atoms with Crippen LogP contribution in [0.2, 0.25) is 0 Å². The third kappa shape index (κ3) is 28.9. The monoisotopic (exact) mass is 2000 g/mol. The maximum absolute atomic E-state index is 12.5. The number of unbranched alkanes of at least 4 members (excludes halogenated alkanes) is 8. The Bertz CT molecular complexity index is 6020. The van der Waals surface area contributed by atoms with Crippen LogP contribution in [0.3, 0.4) is 0 Å². The minimum Gasteiger partial charge on any atom is -0.381 e. The normalized spacial score (nSPS) is 16.7. The van der Waals surface area contributed by atoms with Crippen molar-refractivity contribution in [2.24, 2.45) is 0 Å². The van der Waals surface area contributed by atoms with Gasteiger partial charge in [0.05, 0.1) is 39.6 Å². The third-order valence-corrected chi connectivity index (χ3v) is 31.0. The van der Waals surface area contributed by atoms with Crippen molar-refractivity contribution >= 4 is 0 Å².